The SMILES string of the molecule is CCn1cc([C@@H](O)CN2CCC3(CC2)C[C@@H](O)c2cc(C)c(C)cc2O3)c2ccccc21. The van der Waals surface area contributed by atoms with Crippen molar-refractivity contribution in [1.29, 1.82) is 0 Å². The number of benzene rings is 2. The minimum atomic E-state index is -0.522. The molecule has 3 aromatic rings. The summed E-state index contributed by atoms with van der Waals surface area (Å²) in [6.07, 6.45) is 3.46. The molecule has 0 radical (unpaired) electrons. The maximum Gasteiger partial charge on any atom is 0.126 e. The average Bonchev–Trinajstić information content (AvgIpc) is 3.16. The van der Waals surface area contributed by atoms with Gasteiger partial charge in [0.05, 0.1) is 12.2 Å². The minimum Gasteiger partial charge on any atom is -0.487 e. The summed E-state index contributed by atoms with van der Waals surface area (Å²) in [6.45, 7) is 9.52. The largest absolute Gasteiger partial charge is 0.487 e. The van der Waals surface area contributed by atoms with Crippen molar-refractivity contribution in [3.05, 3.63) is 64.8 Å². The van der Waals surface area contributed by atoms with Gasteiger partial charge in [-0.2, -0.15) is 0 Å². The maximum absolute atomic E-state index is 11.1. The van der Waals surface area contributed by atoms with E-state index in [0.29, 0.717) is 13.0 Å². The van der Waals surface area contributed by atoms with E-state index in [4.69, 9.17) is 4.74 Å². The number of rotatable bonds is 4. The van der Waals surface area contributed by atoms with Crippen molar-refractivity contribution in [2.45, 2.75) is 64.4 Å². The Morgan fingerprint density at radius 2 is 1.84 bits per heavy atom. The first-order chi connectivity index (χ1) is 15.4. The van der Waals surface area contributed by atoms with Crippen molar-refractivity contribution in [3.63, 3.8) is 0 Å². The van der Waals surface area contributed by atoms with Crippen molar-refractivity contribution < 1.29 is 14.9 Å². The quantitative estimate of drug-likeness (QED) is 0.627. The van der Waals surface area contributed by atoms with Crippen LogP contribution in [0, 0.1) is 13.8 Å². The van der Waals surface area contributed by atoms with Crippen molar-refractivity contribution >= 4 is 10.9 Å². The van der Waals surface area contributed by atoms with Crippen molar-refractivity contribution in [2.24, 2.45) is 0 Å². The van der Waals surface area contributed by atoms with E-state index in [9.17, 15) is 10.2 Å². The van der Waals surface area contributed by atoms with Crippen LogP contribution in [0.1, 0.15) is 60.6 Å². The van der Waals surface area contributed by atoms with Crippen molar-refractivity contribution in [1.82, 2.24) is 9.47 Å². The molecule has 2 aliphatic heterocycles. The molecule has 170 valence electrons. The number of para-hydroxylation sites is 1. The smallest absolute Gasteiger partial charge is 0.126 e. The van der Waals surface area contributed by atoms with Gasteiger partial charge in [0.1, 0.15) is 11.4 Å². The number of aliphatic hydroxyl groups excluding tert-OH is 2. The van der Waals surface area contributed by atoms with Gasteiger partial charge < -0.3 is 24.4 Å². The van der Waals surface area contributed by atoms with Crippen LogP contribution in [0.25, 0.3) is 10.9 Å². The van der Waals surface area contributed by atoms with E-state index < -0.39 is 12.2 Å². The lowest BCUT2D eigenvalue weighted by molar-refractivity contribution is -0.0588. The Bertz CT molecular complexity index is 1130. The second-order valence-corrected chi connectivity index (χ2v) is 9.68. The second kappa shape index (κ2) is 8.22. The summed E-state index contributed by atoms with van der Waals surface area (Å²) in [5.41, 5.74) is 5.18. The molecule has 5 heteroatoms. The number of aryl methyl sites for hydroxylation is 3. The van der Waals surface area contributed by atoms with Crippen LogP contribution >= 0.6 is 0 Å². The molecule has 0 saturated carbocycles. The fourth-order valence-electron chi connectivity index (χ4n) is 5.49. The standard InChI is InChI=1S/C27H34N2O3/c1-4-29-16-22(20-7-5-6-8-23(20)29)25(31)17-28-11-9-27(10-12-28)15-24(30)21-13-18(2)19(3)14-26(21)32-27/h5-8,13-14,16,24-25,30-31H,4,9-12,15,17H2,1-3H3/t24-,25+/m1/s1. The number of hydrogen-bond acceptors (Lipinski definition) is 4. The van der Waals surface area contributed by atoms with E-state index in [0.717, 1.165) is 54.7 Å². The third-order valence-electron chi connectivity index (χ3n) is 7.59. The summed E-state index contributed by atoms with van der Waals surface area (Å²) in [6, 6.07) is 12.5. The van der Waals surface area contributed by atoms with Gasteiger partial charge in [0.25, 0.3) is 0 Å². The zero-order valence-electron chi connectivity index (χ0n) is 19.3. The van der Waals surface area contributed by atoms with E-state index in [-0.39, 0.29) is 5.60 Å². The molecule has 0 amide bonds. The normalized spacial score (nSPS) is 21.5. The molecule has 1 saturated heterocycles. The Labute approximate surface area is 190 Å². The molecule has 1 spiro atoms. The first-order valence-corrected chi connectivity index (χ1v) is 11.9. The molecular formula is C27H34N2O3. The van der Waals surface area contributed by atoms with E-state index >= 15 is 0 Å². The van der Waals surface area contributed by atoms with Gasteiger partial charge in [0.15, 0.2) is 0 Å². The molecule has 0 bridgehead atoms. The fraction of sp³-hybridized carbons (Fsp3) is 0.481. The van der Waals surface area contributed by atoms with Crippen LogP contribution in [0.5, 0.6) is 5.75 Å². The van der Waals surface area contributed by atoms with Crippen molar-refractivity contribution in [2.75, 3.05) is 19.6 Å². The van der Waals surface area contributed by atoms with E-state index in [1.807, 2.05) is 12.1 Å². The molecule has 2 aromatic carbocycles. The van der Waals surface area contributed by atoms with Gasteiger partial charge in [0, 0.05) is 60.8 Å². The van der Waals surface area contributed by atoms with Gasteiger partial charge in [-0.1, -0.05) is 18.2 Å². The molecule has 5 rings (SSSR count). The number of aromatic nitrogens is 1. The Kier molecular flexibility index (Phi) is 5.52. The van der Waals surface area contributed by atoms with Gasteiger partial charge in [-0.25, -0.2) is 0 Å². The highest BCUT2D eigenvalue weighted by Crippen LogP contribution is 2.45. The molecular weight excluding hydrogens is 400 g/mol. The maximum atomic E-state index is 11.1. The number of hydrogen-bond donors (Lipinski definition) is 2. The molecule has 2 atom stereocenters. The van der Waals surface area contributed by atoms with Gasteiger partial charge >= 0.3 is 0 Å². The van der Waals surface area contributed by atoms with Crippen LogP contribution in [0.2, 0.25) is 0 Å². The van der Waals surface area contributed by atoms with Crippen molar-refractivity contribution in [3.8, 4) is 5.75 Å². The van der Waals surface area contributed by atoms with E-state index in [2.05, 4.69) is 60.7 Å². The number of fused-ring (bicyclic) bond motifs is 2. The van der Waals surface area contributed by atoms with Crippen LogP contribution < -0.4 is 4.74 Å². The summed E-state index contributed by atoms with van der Waals surface area (Å²) in [5.74, 6) is 0.840. The molecule has 0 aliphatic carbocycles. The molecule has 1 fully saturated rings. The second-order valence-electron chi connectivity index (χ2n) is 9.68. The van der Waals surface area contributed by atoms with E-state index in [1.165, 1.54) is 16.6 Å². The molecule has 3 heterocycles. The molecule has 1 aromatic heterocycles. The number of ether oxygens (including phenoxy) is 1. The van der Waals surface area contributed by atoms with Gasteiger partial charge in [-0.15, -0.1) is 0 Å². The molecule has 32 heavy (non-hydrogen) atoms. The first-order valence-electron chi connectivity index (χ1n) is 11.9. The summed E-state index contributed by atoms with van der Waals surface area (Å²) >= 11 is 0. The summed E-state index contributed by atoms with van der Waals surface area (Å²) < 4.78 is 8.73. The molecule has 0 unspecified atom stereocenters. The lowest BCUT2D eigenvalue weighted by atomic mass is 9.81. The Hall–Kier alpha value is -2.34. The Balaban J connectivity index is 1.28. The predicted octanol–water partition coefficient (Wildman–Crippen LogP) is 4.66. The Morgan fingerprint density at radius 1 is 1.12 bits per heavy atom. The number of likely N-dealkylation sites (tertiary alicyclic amines) is 1. The zero-order chi connectivity index (χ0) is 22.5. The minimum absolute atomic E-state index is 0.312. The highest BCUT2D eigenvalue weighted by molar-refractivity contribution is 5.84. The van der Waals surface area contributed by atoms with Gasteiger partial charge in [-0.05, 0) is 62.9 Å². The van der Waals surface area contributed by atoms with E-state index in [1.54, 1.807) is 0 Å². The van der Waals surface area contributed by atoms with Crippen LogP contribution in [-0.2, 0) is 6.54 Å². The van der Waals surface area contributed by atoms with Crippen LogP contribution in [0.15, 0.2) is 42.6 Å². The topological polar surface area (TPSA) is 57.9 Å². The predicted molar refractivity (Wildman–Crippen MR) is 127 cm³/mol. The average molecular weight is 435 g/mol. The number of β-amino-alcohol motifs (C(OH)–C–C–N with tert-alkyl or cyclic N) is 1. The van der Waals surface area contributed by atoms with Crippen LogP contribution in [0.3, 0.4) is 0 Å². The molecule has 2 aliphatic rings. The molecule has 2 N–H and O–H groups in total. The lowest BCUT2D eigenvalue weighted by Crippen LogP contribution is -2.51. The van der Waals surface area contributed by atoms with Gasteiger partial charge in [0.2, 0.25) is 0 Å². The summed E-state index contributed by atoms with van der Waals surface area (Å²) in [4.78, 5) is 2.33. The Morgan fingerprint density at radius 3 is 2.59 bits per heavy atom. The lowest BCUT2D eigenvalue weighted by Gasteiger charge is -2.46. The fourth-order valence-corrected chi connectivity index (χ4v) is 5.49. The number of aliphatic hydroxyl groups is 2. The number of piperidine rings is 1. The first kappa shape index (κ1) is 21.5. The van der Waals surface area contributed by atoms with Gasteiger partial charge in [-0.3, -0.25) is 0 Å². The third kappa shape index (κ3) is 3.72. The zero-order valence-corrected chi connectivity index (χ0v) is 19.3. The molecule has 5 nitrogen and oxygen atoms in total. The monoisotopic (exact) mass is 434 g/mol. The van der Waals surface area contributed by atoms with Crippen LogP contribution in [0.4, 0.5) is 0 Å². The highest BCUT2D eigenvalue weighted by atomic mass is 16.5. The highest BCUT2D eigenvalue weighted by Gasteiger charge is 2.43. The summed E-state index contributed by atoms with van der Waals surface area (Å²) in [7, 11) is 0. The third-order valence-corrected chi connectivity index (χ3v) is 7.59. The summed E-state index contributed by atoms with van der Waals surface area (Å²) in [5, 5.41) is 23.1. The number of nitrogens with zero attached hydrogens (tertiary/aromatic N) is 2. The van der Waals surface area contributed by atoms with Crippen LogP contribution in [-0.4, -0.2) is 44.9 Å².